The number of nitrogens with two attached hydrogens (primary N) is 2. The van der Waals surface area contributed by atoms with Crippen molar-refractivity contribution in [3.63, 3.8) is 0 Å². The molecule has 0 aliphatic heterocycles. The summed E-state index contributed by atoms with van der Waals surface area (Å²) in [6.45, 7) is 0.476. The summed E-state index contributed by atoms with van der Waals surface area (Å²) in [5.41, 5.74) is 11.0. The van der Waals surface area contributed by atoms with Gasteiger partial charge in [-0.15, -0.1) is 0 Å². The van der Waals surface area contributed by atoms with Gasteiger partial charge in [0.2, 0.25) is 0 Å². The minimum atomic E-state index is -0.686. The molecule has 0 bridgehead atoms. The van der Waals surface area contributed by atoms with E-state index < -0.39 is 11.7 Å². The lowest BCUT2D eigenvalue weighted by atomic mass is 10.1. The molecular weight excluding hydrogens is 261 g/mol. The molecule has 0 unspecified atom stereocenters. The molecule has 0 atom stereocenters. The standard InChI is InChI=1S/C13H16FN5O/c1-19-5-4-18-12(19)2-3-17-11-6-8(13(16)20)10(15)7-9(11)14/h4-7,17H,2-3,15H2,1H3,(H2,16,20). The molecule has 2 aromatic rings. The molecule has 1 heterocycles. The number of imidazole rings is 1. The number of anilines is 2. The maximum absolute atomic E-state index is 13.7. The summed E-state index contributed by atoms with van der Waals surface area (Å²) in [7, 11) is 1.89. The Morgan fingerprint density at radius 1 is 1.50 bits per heavy atom. The van der Waals surface area contributed by atoms with Gasteiger partial charge in [0.25, 0.3) is 5.91 Å². The number of amides is 1. The number of primary amides is 1. The number of rotatable bonds is 5. The molecule has 0 spiro atoms. The quantitative estimate of drug-likeness (QED) is 0.707. The first-order chi connectivity index (χ1) is 9.49. The van der Waals surface area contributed by atoms with Crippen LogP contribution in [-0.4, -0.2) is 22.0 Å². The summed E-state index contributed by atoms with van der Waals surface area (Å²) in [6, 6.07) is 2.41. The fourth-order valence-corrected chi connectivity index (χ4v) is 1.88. The van der Waals surface area contributed by atoms with Crippen molar-refractivity contribution in [3.05, 3.63) is 41.7 Å². The van der Waals surface area contributed by atoms with E-state index >= 15 is 0 Å². The molecule has 0 aliphatic carbocycles. The number of aromatic nitrogens is 2. The molecule has 0 aliphatic rings. The van der Waals surface area contributed by atoms with Crippen LogP contribution in [0.3, 0.4) is 0 Å². The third-order valence-electron chi connectivity index (χ3n) is 2.99. The maximum atomic E-state index is 13.7. The van der Waals surface area contributed by atoms with Crippen LogP contribution in [0.1, 0.15) is 16.2 Å². The number of carbonyl (C=O) groups is 1. The zero-order chi connectivity index (χ0) is 14.7. The van der Waals surface area contributed by atoms with E-state index in [9.17, 15) is 9.18 Å². The molecule has 20 heavy (non-hydrogen) atoms. The molecular formula is C13H16FN5O. The van der Waals surface area contributed by atoms with Crippen LogP contribution in [0.5, 0.6) is 0 Å². The highest BCUT2D eigenvalue weighted by atomic mass is 19.1. The van der Waals surface area contributed by atoms with E-state index in [2.05, 4.69) is 10.3 Å². The van der Waals surface area contributed by atoms with E-state index in [0.717, 1.165) is 11.9 Å². The lowest BCUT2D eigenvalue weighted by Crippen LogP contribution is -2.15. The summed E-state index contributed by atoms with van der Waals surface area (Å²) >= 11 is 0. The van der Waals surface area contributed by atoms with Crippen LogP contribution in [0, 0.1) is 5.82 Å². The van der Waals surface area contributed by atoms with E-state index in [1.54, 1.807) is 6.20 Å². The lowest BCUT2D eigenvalue weighted by molar-refractivity contribution is 0.100. The molecule has 106 valence electrons. The average molecular weight is 277 g/mol. The molecule has 1 aromatic carbocycles. The second-order valence-corrected chi connectivity index (χ2v) is 4.41. The third-order valence-corrected chi connectivity index (χ3v) is 2.99. The zero-order valence-electron chi connectivity index (χ0n) is 11.1. The Morgan fingerprint density at radius 3 is 2.85 bits per heavy atom. The number of nitrogens with zero attached hydrogens (tertiary/aromatic N) is 2. The van der Waals surface area contributed by atoms with E-state index in [1.807, 2.05) is 17.8 Å². The van der Waals surface area contributed by atoms with Gasteiger partial charge in [0.05, 0.1) is 11.3 Å². The Hall–Kier alpha value is -2.57. The second kappa shape index (κ2) is 5.60. The largest absolute Gasteiger partial charge is 0.398 e. The minimum Gasteiger partial charge on any atom is -0.398 e. The van der Waals surface area contributed by atoms with Crippen LogP contribution in [0.25, 0.3) is 0 Å². The number of nitrogens with one attached hydrogen (secondary N) is 1. The van der Waals surface area contributed by atoms with Crippen molar-refractivity contribution in [2.45, 2.75) is 6.42 Å². The first kappa shape index (κ1) is 13.9. The van der Waals surface area contributed by atoms with Gasteiger partial charge in [0.15, 0.2) is 0 Å². The third kappa shape index (κ3) is 2.87. The van der Waals surface area contributed by atoms with E-state index in [1.165, 1.54) is 6.07 Å². The lowest BCUT2D eigenvalue weighted by Gasteiger charge is -2.10. The Balaban J connectivity index is 2.08. The molecule has 0 saturated heterocycles. The van der Waals surface area contributed by atoms with Crippen LogP contribution in [-0.2, 0) is 13.5 Å². The van der Waals surface area contributed by atoms with Gasteiger partial charge >= 0.3 is 0 Å². The Bertz CT molecular complexity index is 638. The fourth-order valence-electron chi connectivity index (χ4n) is 1.88. The molecule has 7 heteroatoms. The molecule has 1 amide bonds. The van der Waals surface area contributed by atoms with E-state index in [0.29, 0.717) is 13.0 Å². The van der Waals surface area contributed by atoms with Crippen molar-refractivity contribution in [2.24, 2.45) is 12.8 Å². The maximum Gasteiger partial charge on any atom is 0.250 e. The molecule has 2 rings (SSSR count). The van der Waals surface area contributed by atoms with Crippen LogP contribution >= 0.6 is 0 Å². The smallest absolute Gasteiger partial charge is 0.250 e. The highest BCUT2D eigenvalue weighted by Gasteiger charge is 2.11. The molecule has 5 N–H and O–H groups in total. The van der Waals surface area contributed by atoms with Gasteiger partial charge in [0, 0.05) is 38.1 Å². The molecule has 6 nitrogen and oxygen atoms in total. The number of halogens is 1. The van der Waals surface area contributed by atoms with Crippen LogP contribution in [0.15, 0.2) is 24.5 Å². The number of hydrogen-bond acceptors (Lipinski definition) is 4. The highest BCUT2D eigenvalue weighted by Crippen LogP contribution is 2.21. The predicted octanol–water partition coefficient (Wildman–Crippen LogP) is 0.895. The van der Waals surface area contributed by atoms with Gasteiger partial charge in [-0.25, -0.2) is 9.37 Å². The normalized spacial score (nSPS) is 10.5. The molecule has 1 aromatic heterocycles. The van der Waals surface area contributed by atoms with Crippen molar-refractivity contribution in [1.29, 1.82) is 0 Å². The summed E-state index contributed by atoms with van der Waals surface area (Å²) < 4.78 is 15.6. The second-order valence-electron chi connectivity index (χ2n) is 4.41. The van der Waals surface area contributed by atoms with Crippen molar-refractivity contribution < 1.29 is 9.18 Å². The minimum absolute atomic E-state index is 0.0321. The van der Waals surface area contributed by atoms with Gasteiger partial charge in [0.1, 0.15) is 11.6 Å². The molecule has 0 radical (unpaired) electrons. The topological polar surface area (TPSA) is 99.0 Å². The Morgan fingerprint density at radius 2 is 2.25 bits per heavy atom. The van der Waals surface area contributed by atoms with Crippen molar-refractivity contribution in [3.8, 4) is 0 Å². The first-order valence-corrected chi connectivity index (χ1v) is 6.08. The van der Waals surface area contributed by atoms with E-state index in [4.69, 9.17) is 11.5 Å². The van der Waals surface area contributed by atoms with Gasteiger partial charge in [-0.05, 0) is 12.1 Å². The highest BCUT2D eigenvalue weighted by molar-refractivity contribution is 5.99. The Labute approximate surface area is 115 Å². The van der Waals surface area contributed by atoms with Crippen LogP contribution in [0.4, 0.5) is 15.8 Å². The van der Waals surface area contributed by atoms with E-state index in [-0.39, 0.29) is 16.9 Å². The number of carbonyl (C=O) groups excluding carboxylic acids is 1. The van der Waals surface area contributed by atoms with Gasteiger partial charge in [-0.2, -0.15) is 0 Å². The number of hydrogen-bond donors (Lipinski definition) is 3. The monoisotopic (exact) mass is 277 g/mol. The summed E-state index contributed by atoms with van der Waals surface area (Å²) in [6.07, 6.45) is 4.16. The molecule has 0 fully saturated rings. The Kier molecular flexibility index (Phi) is 3.88. The van der Waals surface area contributed by atoms with Crippen molar-refractivity contribution >= 4 is 17.3 Å². The van der Waals surface area contributed by atoms with Crippen molar-refractivity contribution in [1.82, 2.24) is 9.55 Å². The fraction of sp³-hybridized carbons (Fsp3) is 0.231. The summed E-state index contributed by atoms with van der Waals surface area (Å²) in [4.78, 5) is 15.3. The van der Waals surface area contributed by atoms with Gasteiger partial charge < -0.3 is 21.4 Å². The van der Waals surface area contributed by atoms with Crippen LogP contribution < -0.4 is 16.8 Å². The number of nitrogen functional groups attached to an aromatic ring is 1. The number of aryl methyl sites for hydroxylation is 1. The first-order valence-electron chi connectivity index (χ1n) is 6.08. The summed E-state index contributed by atoms with van der Waals surface area (Å²) in [5.74, 6) is -0.328. The van der Waals surface area contributed by atoms with Gasteiger partial charge in [-0.1, -0.05) is 0 Å². The van der Waals surface area contributed by atoms with Gasteiger partial charge in [-0.3, -0.25) is 4.79 Å². The van der Waals surface area contributed by atoms with Crippen LogP contribution in [0.2, 0.25) is 0 Å². The van der Waals surface area contributed by atoms with Crippen molar-refractivity contribution in [2.75, 3.05) is 17.6 Å². The predicted molar refractivity (Wildman–Crippen MR) is 74.7 cm³/mol. The number of benzene rings is 1. The zero-order valence-corrected chi connectivity index (χ0v) is 11.1. The molecule has 0 saturated carbocycles. The summed E-state index contributed by atoms with van der Waals surface area (Å²) in [5, 5.41) is 2.91. The SMILES string of the molecule is Cn1ccnc1CCNc1cc(C(N)=O)c(N)cc1F. The average Bonchev–Trinajstić information content (AvgIpc) is 2.77.